The Labute approximate surface area is 98.0 Å². The van der Waals surface area contributed by atoms with Crippen LogP contribution in [-0.4, -0.2) is 12.0 Å². The molecule has 0 bridgehead atoms. The van der Waals surface area contributed by atoms with Gasteiger partial charge >= 0.3 is 6.18 Å². The molecule has 0 aliphatic rings. The summed E-state index contributed by atoms with van der Waals surface area (Å²) in [5.41, 5.74) is 0.928. The predicted octanol–water partition coefficient (Wildman–Crippen LogP) is 4.00. The van der Waals surface area contributed by atoms with Crippen molar-refractivity contribution in [1.29, 1.82) is 0 Å². The lowest BCUT2D eigenvalue weighted by Crippen LogP contribution is -2.09. The molecule has 1 aromatic carbocycles. The summed E-state index contributed by atoms with van der Waals surface area (Å²) in [6.07, 6.45) is -5.43. The van der Waals surface area contributed by atoms with E-state index >= 15 is 0 Å². The molecule has 0 unspecified atom stereocenters. The van der Waals surface area contributed by atoms with Gasteiger partial charge in [0.1, 0.15) is 0 Å². The molecule has 0 heterocycles. The number of Topliss-reactive ketones (excluding diaryl/α,β-unsaturated/α-hetero) is 1. The van der Waals surface area contributed by atoms with E-state index in [9.17, 15) is 18.0 Å². The zero-order chi connectivity index (χ0) is 12.9. The van der Waals surface area contributed by atoms with Crippen LogP contribution in [0.5, 0.6) is 0 Å². The fourth-order valence-electron chi connectivity index (χ4n) is 1.40. The van der Waals surface area contributed by atoms with Crippen molar-refractivity contribution >= 4 is 11.4 Å². The Morgan fingerprint density at radius 2 is 1.76 bits per heavy atom. The van der Waals surface area contributed by atoms with E-state index in [2.05, 4.69) is 6.58 Å². The Kier molecular flexibility index (Phi) is 4.49. The highest BCUT2D eigenvalue weighted by molar-refractivity contribution is 6.19. The van der Waals surface area contributed by atoms with Gasteiger partial charge in [-0.25, -0.2) is 0 Å². The number of rotatable bonds is 5. The van der Waals surface area contributed by atoms with E-state index in [1.807, 2.05) is 0 Å². The second kappa shape index (κ2) is 5.66. The largest absolute Gasteiger partial charge is 0.389 e. The van der Waals surface area contributed by atoms with Crippen molar-refractivity contribution in [2.75, 3.05) is 0 Å². The summed E-state index contributed by atoms with van der Waals surface area (Å²) in [6, 6.07) is 8.73. The molecule has 0 saturated heterocycles. The van der Waals surface area contributed by atoms with Crippen LogP contribution < -0.4 is 0 Å². The van der Waals surface area contributed by atoms with E-state index in [4.69, 9.17) is 0 Å². The molecular formula is C13H13F3O. The summed E-state index contributed by atoms with van der Waals surface area (Å²) >= 11 is 0. The average molecular weight is 242 g/mol. The van der Waals surface area contributed by atoms with Gasteiger partial charge in [-0.3, -0.25) is 4.79 Å². The van der Waals surface area contributed by atoms with E-state index in [0.29, 0.717) is 5.56 Å². The predicted molar refractivity (Wildman–Crippen MR) is 60.4 cm³/mol. The van der Waals surface area contributed by atoms with Crippen LogP contribution in [0.1, 0.15) is 24.8 Å². The van der Waals surface area contributed by atoms with E-state index in [0.717, 1.165) is 0 Å². The fourth-order valence-corrected chi connectivity index (χ4v) is 1.40. The van der Waals surface area contributed by atoms with Crippen LogP contribution in [0.2, 0.25) is 0 Å². The maximum atomic E-state index is 11.9. The van der Waals surface area contributed by atoms with Crippen LogP contribution >= 0.6 is 0 Å². The molecule has 0 amide bonds. The van der Waals surface area contributed by atoms with E-state index < -0.39 is 12.6 Å². The van der Waals surface area contributed by atoms with E-state index in [1.165, 1.54) is 0 Å². The highest BCUT2D eigenvalue weighted by atomic mass is 19.4. The van der Waals surface area contributed by atoms with Crippen molar-refractivity contribution < 1.29 is 18.0 Å². The van der Waals surface area contributed by atoms with Crippen molar-refractivity contribution in [3.63, 3.8) is 0 Å². The average Bonchev–Trinajstić information content (AvgIpc) is 2.27. The van der Waals surface area contributed by atoms with E-state index in [1.54, 1.807) is 30.3 Å². The SMILES string of the molecule is C=C(C(=O)CCCC(F)(F)F)c1ccccc1. The van der Waals surface area contributed by atoms with Gasteiger partial charge in [0.15, 0.2) is 5.78 Å². The van der Waals surface area contributed by atoms with Gasteiger partial charge in [0.25, 0.3) is 0 Å². The maximum Gasteiger partial charge on any atom is 0.389 e. The summed E-state index contributed by atoms with van der Waals surface area (Å²) in [5.74, 6) is -0.333. The minimum atomic E-state index is -4.20. The molecule has 1 nitrogen and oxygen atoms in total. The molecule has 0 saturated carbocycles. The number of carbonyl (C=O) groups is 1. The lowest BCUT2D eigenvalue weighted by atomic mass is 10.00. The van der Waals surface area contributed by atoms with Crippen molar-refractivity contribution in [1.82, 2.24) is 0 Å². The molecule has 0 atom stereocenters. The van der Waals surface area contributed by atoms with Crippen molar-refractivity contribution in [2.45, 2.75) is 25.4 Å². The smallest absolute Gasteiger partial charge is 0.294 e. The first-order valence-electron chi connectivity index (χ1n) is 5.24. The van der Waals surface area contributed by atoms with Gasteiger partial charge in [-0.05, 0) is 12.0 Å². The standard InChI is InChI=1S/C13H13F3O/c1-10(11-6-3-2-4-7-11)12(17)8-5-9-13(14,15)16/h2-4,6-7H,1,5,8-9H2. The Hall–Kier alpha value is -1.58. The lowest BCUT2D eigenvalue weighted by Gasteiger charge is -2.07. The molecule has 0 fully saturated rings. The molecule has 1 rings (SSSR count). The molecule has 0 aromatic heterocycles. The second-order valence-electron chi connectivity index (χ2n) is 3.74. The van der Waals surface area contributed by atoms with Crippen molar-refractivity contribution in [2.24, 2.45) is 0 Å². The van der Waals surface area contributed by atoms with Crippen LogP contribution in [0.25, 0.3) is 5.57 Å². The first-order valence-corrected chi connectivity index (χ1v) is 5.24. The molecule has 1 aromatic rings. The zero-order valence-electron chi connectivity index (χ0n) is 9.26. The molecular weight excluding hydrogens is 229 g/mol. The van der Waals surface area contributed by atoms with E-state index in [-0.39, 0.29) is 24.2 Å². The Bertz CT molecular complexity index is 393. The fraction of sp³-hybridized carbons (Fsp3) is 0.308. The molecule has 0 spiro atoms. The number of ketones is 1. The number of hydrogen-bond donors (Lipinski definition) is 0. The van der Waals surface area contributed by atoms with Gasteiger partial charge < -0.3 is 0 Å². The summed E-state index contributed by atoms with van der Waals surface area (Å²) in [6.45, 7) is 3.61. The minimum absolute atomic E-state index is 0.118. The molecule has 4 heteroatoms. The minimum Gasteiger partial charge on any atom is -0.294 e. The maximum absolute atomic E-state index is 11.9. The van der Waals surface area contributed by atoms with Gasteiger partial charge in [-0.15, -0.1) is 0 Å². The van der Waals surface area contributed by atoms with Gasteiger partial charge in [0.2, 0.25) is 0 Å². The third-order valence-corrected chi connectivity index (χ3v) is 2.32. The Balaban J connectivity index is 2.47. The highest BCUT2D eigenvalue weighted by Gasteiger charge is 2.26. The van der Waals surface area contributed by atoms with Crippen LogP contribution in [0.4, 0.5) is 13.2 Å². The van der Waals surface area contributed by atoms with Crippen molar-refractivity contribution in [3.8, 4) is 0 Å². The summed E-state index contributed by atoms with van der Waals surface area (Å²) in [5, 5.41) is 0. The summed E-state index contributed by atoms with van der Waals surface area (Å²) in [7, 11) is 0. The molecule has 0 N–H and O–H groups in total. The highest BCUT2D eigenvalue weighted by Crippen LogP contribution is 2.23. The number of benzene rings is 1. The van der Waals surface area contributed by atoms with Gasteiger partial charge in [0.05, 0.1) is 0 Å². The van der Waals surface area contributed by atoms with Gasteiger partial charge in [-0.1, -0.05) is 36.9 Å². The lowest BCUT2D eigenvalue weighted by molar-refractivity contribution is -0.136. The topological polar surface area (TPSA) is 17.1 Å². The Morgan fingerprint density at radius 1 is 1.18 bits per heavy atom. The monoisotopic (exact) mass is 242 g/mol. The molecule has 17 heavy (non-hydrogen) atoms. The summed E-state index contributed by atoms with van der Waals surface area (Å²) < 4.78 is 35.7. The van der Waals surface area contributed by atoms with Crippen LogP contribution in [-0.2, 0) is 4.79 Å². The number of alkyl halides is 3. The molecule has 92 valence electrons. The summed E-state index contributed by atoms with van der Waals surface area (Å²) in [4.78, 5) is 11.6. The molecule has 0 aliphatic heterocycles. The number of allylic oxidation sites excluding steroid dienone is 1. The van der Waals surface area contributed by atoms with Gasteiger partial charge in [-0.2, -0.15) is 13.2 Å². The number of carbonyl (C=O) groups excluding carboxylic acids is 1. The number of hydrogen-bond acceptors (Lipinski definition) is 1. The van der Waals surface area contributed by atoms with Crippen LogP contribution in [0.3, 0.4) is 0 Å². The first kappa shape index (κ1) is 13.5. The Morgan fingerprint density at radius 3 is 2.29 bits per heavy atom. The first-order chi connectivity index (χ1) is 7.90. The van der Waals surface area contributed by atoms with Crippen LogP contribution in [0, 0.1) is 0 Å². The molecule has 0 radical (unpaired) electrons. The quantitative estimate of drug-likeness (QED) is 0.713. The molecule has 0 aliphatic carbocycles. The number of halogens is 3. The second-order valence-corrected chi connectivity index (χ2v) is 3.74. The van der Waals surface area contributed by atoms with Crippen LogP contribution in [0.15, 0.2) is 36.9 Å². The van der Waals surface area contributed by atoms with Gasteiger partial charge in [0, 0.05) is 18.4 Å². The third kappa shape index (κ3) is 4.85. The third-order valence-electron chi connectivity index (χ3n) is 2.32. The zero-order valence-corrected chi connectivity index (χ0v) is 9.26. The van der Waals surface area contributed by atoms with Crippen molar-refractivity contribution in [3.05, 3.63) is 42.5 Å². The normalized spacial score (nSPS) is 11.2.